The fourth-order valence-electron chi connectivity index (χ4n) is 5.16. The molecule has 1 amide bonds. The molecule has 2 atom stereocenters. The largest absolute Gasteiger partial charge is 0.494 e. The van der Waals surface area contributed by atoms with Crippen molar-refractivity contribution in [3.05, 3.63) is 59.7 Å². The molecule has 2 aromatic carbocycles. The highest BCUT2D eigenvalue weighted by Crippen LogP contribution is 2.38. The number of hydrogen-bond donors (Lipinski definition) is 3. The minimum atomic E-state index is -0.510. The van der Waals surface area contributed by atoms with Crippen LogP contribution in [0.5, 0.6) is 5.75 Å². The number of rotatable bonds is 7. The summed E-state index contributed by atoms with van der Waals surface area (Å²) in [6.07, 6.45) is 6.38. The number of amides is 1. The van der Waals surface area contributed by atoms with E-state index in [1.165, 1.54) is 31.6 Å². The van der Waals surface area contributed by atoms with Gasteiger partial charge in [0.25, 0.3) is 0 Å². The first-order valence-electron chi connectivity index (χ1n) is 11.8. The minimum Gasteiger partial charge on any atom is -0.494 e. The maximum atomic E-state index is 13.5. The maximum Gasteiger partial charge on any atom is 0.248 e. The molecular weight excluding hydrogens is 485 g/mol. The van der Waals surface area contributed by atoms with Crippen molar-refractivity contribution >= 4 is 45.6 Å². The van der Waals surface area contributed by atoms with Crippen molar-refractivity contribution in [1.29, 1.82) is 0 Å². The average molecular weight is 512 g/mol. The number of anilines is 3. The number of carbonyl (C=O) groups excluding carboxylic acids is 1. The number of aliphatic hydroxyl groups excluding tert-OH is 1. The SMILES string of the molecule is COc1cc2ncnc(Nc3ccc(F)c(Cl)c3)c2cc1NC(=O)C=CCN1CC2CC(O)CC2C1. The normalized spacial score (nSPS) is 21.7. The molecule has 0 spiro atoms. The lowest BCUT2D eigenvalue weighted by Gasteiger charge is -2.15. The molecule has 1 aliphatic heterocycles. The van der Waals surface area contributed by atoms with E-state index in [2.05, 4.69) is 25.5 Å². The predicted octanol–water partition coefficient (Wildman–Crippen LogP) is 4.37. The molecule has 1 aromatic heterocycles. The van der Waals surface area contributed by atoms with Crippen LogP contribution < -0.4 is 15.4 Å². The van der Waals surface area contributed by atoms with Crippen molar-refractivity contribution in [1.82, 2.24) is 14.9 Å². The first-order valence-corrected chi connectivity index (χ1v) is 12.2. The summed E-state index contributed by atoms with van der Waals surface area (Å²) >= 11 is 5.90. The predicted molar refractivity (Wildman–Crippen MR) is 137 cm³/mol. The lowest BCUT2D eigenvalue weighted by Crippen LogP contribution is -2.23. The number of fused-ring (bicyclic) bond motifs is 2. The highest BCUT2D eigenvalue weighted by Gasteiger charge is 2.39. The number of ether oxygens (including phenoxy) is 1. The Morgan fingerprint density at radius 2 is 2.03 bits per heavy atom. The van der Waals surface area contributed by atoms with Crippen LogP contribution in [0, 0.1) is 17.7 Å². The Hall–Kier alpha value is -3.27. The molecule has 2 aliphatic rings. The van der Waals surface area contributed by atoms with Crippen LogP contribution in [-0.2, 0) is 4.79 Å². The summed E-state index contributed by atoms with van der Waals surface area (Å²) in [5.74, 6) is 1.26. The second-order valence-corrected chi connectivity index (χ2v) is 9.71. The van der Waals surface area contributed by atoms with Gasteiger partial charge < -0.3 is 20.5 Å². The number of methoxy groups -OCH3 is 1. The molecule has 1 saturated carbocycles. The molecule has 36 heavy (non-hydrogen) atoms. The molecule has 3 N–H and O–H groups in total. The van der Waals surface area contributed by atoms with E-state index in [0.717, 1.165) is 25.9 Å². The molecule has 2 fully saturated rings. The van der Waals surface area contributed by atoms with Gasteiger partial charge >= 0.3 is 0 Å². The van der Waals surface area contributed by atoms with Crippen molar-refractivity contribution in [3.63, 3.8) is 0 Å². The summed E-state index contributed by atoms with van der Waals surface area (Å²) in [6.45, 7) is 2.61. The highest BCUT2D eigenvalue weighted by molar-refractivity contribution is 6.31. The van der Waals surface area contributed by atoms with E-state index < -0.39 is 5.82 Å². The third-order valence-electron chi connectivity index (χ3n) is 6.83. The zero-order chi connectivity index (χ0) is 25.2. The quantitative estimate of drug-likeness (QED) is 0.405. The topological polar surface area (TPSA) is 99.6 Å². The summed E-state index contributed by atoms with van der Waals surface area (Å²) in [6, 6.07) is 7.75. The number of benzene rings is 2. The van der Waals surface area contributed by atoms with Gasteiger partial charge in [0.05, 0.1) is 29.4 Å². The average Bonchev–Trinajstić information content (AvgIpc) is 3.38. The van der Waals surface area contributed by atoms with Gasteiger partial charge in [0.15, 0.2) is 0 Å². The number of carbonyl (C=O) groups is 1. The molecule has 3 aromatic rings. The first kappa shape index (κ1) is 24.4. The Balaban J connectivity index is 1.29. The van der Waals surface area contributed by atoms with Gasteiger partial charge in [0.1, 0.15) is 23.7 Å². The van der Waals surface area contributed by atoms with E-state index in [1.807, 2.05) is 6.08 Å². The fourth-order valence-corrected chi connectivity index (χ4v) is 5.34. The zero-order valence-corrected chi connectivity index (χ0v) is 20.5. The number of hydrogen-bond acceptors (Lipinski definition) is 7. The number of aliphatic hydroxyl groups is 1. The van der Waals surface area contributed by atoms with Crippen LogP contribution in [0.2, 0.25) is 5.02 Å². The molecule has 0 radical (unpaired) electrons. The zero-order valence-electron chi connectivity index (χ0n) is 19.7. The van der Waals surface area contributed by atoms with Crippen LogP contribution in [0.4, 0.5) is 21.6 Å². The molecule has 1 saturated heterocycles. The summed E-state index contributed by atoms with van der Waals surface area (Å²) in [4.78, 5) is 23.6. The third-order valence-corrected chi connectivity index (χ3v) is 7.12. The van der Waals surface area contributed by atoms with Crippen molar-refractivity contribution in [2.45, 2.75) is 18.9 Å². The Kier molecular flexibility index (Phi) is 7.04. The number of nitrogens with zero attached hydrogens (tertiary/aromatic N) is 3. The number of halogens is 2. The summed E-state index contributed by atoms with van der Waals surface area (Å²) in [5, 5.41) is 16.4. The fraction of sp³-hybridized carbons (Fsp3) is 0.346. The van der Waals surface area contributed by atoms with Crippen LogP contribution in [0.1, 0.15) is 12.8 Å². The molecule has 2 heterocycles. The molecule has 10 heteroatoms. The summed E-state index contributed by atoms with van der Waals surface area (Å²) in [5.41, 5.74) is 1.64. The van der Waals surface area contributed by atoms with E-state index >= 15 is 0 Å². The summed E-state index contributed by atoms with van der Waals surface area (Å²) in [7, 11) is 1.52. The Morgan fingerprint density at radius 3 is 2.75 bits per heavy atom. The van der Waals surface area contributed by atoms with Gasteiger partial charge in [0.2, 0.25) is 5.91 Å². The number of likely N-dealkylation sites (tertiary alicyclic amines) is 1. The Labute approximate surface area is 213 Å². The second-order valence-electron chi connectivity index (χ2n) is 9.30. The van der Waals surface area contributed by atoms with E-state index in [9.17, 15) is 14.3 Å². The Morgan fingerprint density at radius 1 is 1.25 bits per heavy atom. The molecule has 0 bridgehead atoms. The molecule has 5 rings (SSSR count). The van der Waals surface area contributed by atoms with E-state index in [0.29, 0.717) is 52.2 Å². The third kappa shape index (κ3) is 5.28. The van der Waals surface area contributed by atoms with Gasteiger partial charge in [-0.05, 0) is 48.9 Å². The molecular formula is C26H27ClFN5O3. The van der Waals surface area contributed by atoms with Gasteiger partial charge in [-0.2, -0.15) is 0 Å². The van der Waals surface area contributed by atoms with Crippen LogP contribution in [0.25, 0.3) is 10.9 Å². The standard InChI is InChI=1S/C26H27ClFN5O3/c1-36-24-11-22-19(26(30-14-29-22)31-17-4-5-21(28)20(27)9-17)10-23(24)32-25(35)3-2-6-33-12-15-7-18(34)8-16(15)13-33/h2-5,9-11,14-16,18,34H,6-8,12-13H2,1H3,(H,32,35)(H,29,30,31). The molecule has 8 nitrogen and oxygen atoms in total. The van der Waals surface area contributed by atoms with Gasteiger partial charge in [-0.25, -0.2) is 14.4 Å². The molecule has 2 unspecified atom stereocenters. The van der Waals surface area contributed by atoms with E-state index in [-0.39, 0.29) is 17.0 Å². The van der Waals surface area contributed by atoms with Gasteiger partial charge in [0, 0.05) is 42.9 Å². The number of nitrogens with one attached hydrogen (secondary N) is 2. The minimum absolute atomic E-state index is 0.00509. The lowest BCUT2D eigenvalue weighted by molar-refractivity contribution is -0.111. The maximum absolute atomic E-state index is 13.5. The monoisotopic (exact) mass is 511 g/mol. The van der Waals surface area contributed by atoms with Crippen LogP contribution in [-0.4, -0.2) is 58.7 Å². The van der Waals surface area contributed by atoms with Crippen molar-refractivity contribution in [2.24, 2.45) is 11.8 Å². The van der Waals surface area contributed by atoms with Crippen molar-refractivity contribution < 1.29 is 19.0 Å². The first-order chi connectivity index (χ1) is 17.4. The second kappa shape index (κ2) is 10.4. The van der Waals surface area contributed by atoms with Gasteiger partial charge in [-0.1, -0.05) is 17.7 Å². The van der Waals surface area contributed by atoms with Gasteiger partial charge in [-0.3, -0.25) is 9.69 Å². The summed E-state index contributed by atoms with van der Waals surface area (Å²) < 4.78 is 19.0. The lowest BCUT2D eigenvalue weighted by atomic mass is 10.0. The van der Waals surface area contributed by atoms with Crippen LogP contribution >= 0.6 is 11.6 Å². The van der Waals surface area contributed by atoms with E-state index in [1.54, 1.807) is 18.2 Å². The molecule has 1 aliphatic carbocycles. The number of aromatic nitrogens is 2. The van der Waals surface area contributed by atoms with E-state index in [4.69, 9.17) is 16.3 Å². The van der Waals surface area contributed by atoms with Crippen molar-refractivity contribution in [3.8, 4) is 5.75 Å². The highest BCUT2D eigenvalue weighted by atomic mass is 35.5. The molecule has 188 valence electrons. The van der Waals surface area contributed by atoms with Crippen LogP contribution in [0.3, 0.4) is 0 Å². The van der Waals surface area contributed by atoms with Crippen LogP contribution in [0.15, 0.2) is 48.8 Å². The van der Waals surface area contributed by atoms with Crippen molar-refractivity contribution in [2.75, 3.05) is 37.4 Å². The smallest absolute Gasteiger partial charge is 0.248 e. The Bertz CT molecular complexity index is 1310. The van der Waals surface area contributed by atoms with Gasteiger partial charge in [-0.15, -0.1) is 0 Å².